The molecule has 0 aromatic rings. The molecule has 0 amide bonds. The van der Waals surface area contributed by atoms with Crippen LogP contribution in [0.2, 0.25) is 0 Å². The molecule has 1 fully saturated rings. The highest BCUT2D eigenvalue weighted by Gasteiger charge is 2.36. The van der Waals surface area contributed by atoms with E-state index in [1.54, 1.807) is 7.11 Å². The fourth-order valence-corrected chi connectivity index (χ4v) is 3.38. The molecule has 2 atom stereocenters. The third-order valence-corrected chi connectivity index (χ3v) is 5.39. The van der Waals surface area contributed by atoms with Crippen molar-refractivity contribution in [3.8, 4) is 0 Å². The number of hydrogen-bond donors (Lipinski definition) is 0. The first-order chi connectivity index (χ1) is 12.4. The average molecular weight is 367 g/mol. The standard InChI is InChI=1S/C20H38N4O2/c1-9-12-21-22(7)20(6,25-8)17(4)19(23(10-2)11-3)18(5)24-13-15-26-16-14-24/h10,12,18H,2,9,11,13-16H2,1,3-8H3/b19-17-,21-12-. The molecule has 1 rings (SSSR count). The molecule has 0 spiro atoms. The maximum absolute atomic E-state index is 5.97. The van der Waals surface area contributed by atoms with Crippen molar-refractivity contribution in [2.75, 3.05) is 47.0 Å². The first-order valence-corrected chi connectivity index (χ1v) is 9.60. The second kappa shape index (κ2) is 10.7. The first-order valence-electron chi connectivity index (χ1n) is 9.60. The van der Waals surface area contributed by atoms with Crippen LogP contribution in [0.4, 0.5) is 0 Å². The second-order valence-corrected chi connectivity index (χ2v) is 6.72. The largest absolute Gasteiger partial charge is 0.379 e. The quantitative estimate of drug-likeness (QED) is 0.337. The van der Waals surface area contributed by atoms with Gasteiger partial charge in [-0.05, 0) is 40.3 Å². The monoisotopic (exact) mass is 366 g/mol. The van der Waals surface area contributed by atoms with Crippen LogP contribution >= 0.6 is 0 Å². The topological polar surface area (TPSA) is 40.5 Å². The molecule has 0 bridgehead atoms. The van der Waals surface area contributed by atoms with E-state index in [0.29, 0.717) is 0 Å². The molecule has 0 aromatic heterocycles. The predicted octanol–water partition coefficient (Wildman–Crippen LogP) is 3.14. The van der Waals surface area contributed by atoms with Crippen LogP contribution < -0.4 is 0 Å². The van der Waals surface area contributed by atoms with Gasteiger partial charge in [-0.15, -0.1) is 0 Å². The fourth-order valence-electron chi connectivity index (χ4n) is 3.38. The first kappa shape index (κ1) is 22.7. The van der Waals surface area contributed by atoms with E-state index >= 15 is 0 Å². The lowest BCUT2D eigenvalue weighted by Gasteiger charge is -2.43. The Balaban J connectivity index is 3.38. The number of methoxy groups -OCH3 is 1. The molecular formula is C20H38N4O2. The average Bonchev–Trinajstić information content (AvgIpc) is 2.68. The minimum atomic E-state index is -0.641. The van der Waals surface area contributed by atoms with E-state index < -0.39 is 5.72 Å². The van der Waals surface area contributed by atoms with E-state index in [2.05, 4.69) is 56.1 Å². The van der Waals surface area contributed by atoms with Crippen LogP contribution in [0, 0.1) is 0 Å². The molecule has 0 aliphatic carbocycles. The normalized spacial score (nSPS) is 20.4. The number of morpholine rings is 1. The van der Waals surface area contributed by atoms with Crippen LogP contribution in [-0.2, 0) is 9.47 Å². The van der Waals surface area contributed by atoms with Gasteiger partial charge in [0.25, 0.3) is 0 Å². The van der Waals surface area contributed by atoms with Crippen LogP contribution in [0.5, 0.6) is 0 Å². The van der Waals surface area contributed by atoms with Crippen molar-refractivity contribution >= 4 is 6.21 Å². The molecule has 1 aliphatic heterocycles. The summed E-state index contributed by atoms with van der Waals surface area (Å²) in [6, 6.07) is 0.231. The number of likely N-dealkylation sites (N-methyl/N-ethyl adjacent to an activating group) is 2. The van der Waals surface area contributed by atoms with E-state index in [9.17, 15) is 0 Å². The summed E-state index contributed by atoms with van der Waals surface area (Å²) >= 11 is 0. The molecule has 1 heterocycles. The summed E-state index contributed by atoms with van der Waals surface area (Å²) in [6.07, 6.45) is 4.69. The third kappa shape index (κ3) is 5.09. The highest BCUT2D eigenvalue weighted by molar-refractivity contribution is 5.56. The molecule has 0 N–H and O–H groups in total. The van der Waals surface area contributed by atoms with Crippen molar-refractivity contribution in [3.05, 3.63) is 24.0 Å². The van der Waals surface area contributed by atoms with Crippen molar-refractivity contribution in [1.82, 2.24) is 14.8 Å². The lowest BCUT2D eigenvalue weighted by Crippen LogP contribution is -2.50. The van der Waals surface area contributed by atoms with Gasteiger partial charge >= 0.3 is 0 Å². The summed E-state index contributed by atoms with van der Waals surface area (Å²) in [5.41, 5.74) is 1.71. The van der Waals surface area contributed by atoms with Crippen LogP contribution in [0.1, 0.15) is 41.0 Å². The van der Waals surface area contributed by atoms with Gasteiger partial charge in [0.1, 0.15) is 0 Å². The third-order valence-electron chi connectivity index (χ3n) is 5.39. The van der Waals surface area contributed by atoms with Crippen molar-refractivity contribution in [2.45, 2.75) is 52.8 Å². The van der Waals surface area contributed by atoms with Gasteiger partial charge in [0.15, 0.2) is 5.72 Å². The van der Waals surface area contributed by atoms with Gasteiger partial charge in [0.2, 0.25) is 0 Å². The number of ether oxygens (including phenoxy) is 2. The van der Waals surface area contributed by atoms with Gasteiger partial charge in [0.05, 0.1) is 13.2 Å². The molecule has 1 saturated heterocycles. The molecular weight excluding hydrogens is 328 g/mol. The zero-order chi connectivity index (χ0) is 19.7. The van der Waals surface area contributed by atoms with E-state index in [1.807, 2.05) is 24.5 Å². The summed E-state index contributed by atoms with van der Waals surface area (Å²) in [5.74, 6) is 0. The number of nitrogens with zero attached hydrogens (tertiary/aromatic N) is 4. The zero-order valence-corrected chi connectivity index (χ0v) is 17.8. The molecule has 2 unspecified atom stereocenters. The van der Waals surface area contributed by atoms with Gasteiger partial charge in [0, 0.05) is 57.3 Å². The molecule has 1 aliphatic rings. The Bertz CT molecular complexity index is 500. The smallest absolute Gasteiger partial charge is 0.176 e. The summed E-state index contributed by atoms with van der Waals surface area (Å²) in [5, 5.41) is 6.44. The van der Waals surface area contributed by atoms with Gasteiger partial charge in [-0.1, -0.05) is 13.5 Å². The van der Waals surface area contributed by atoms with Crippen molar-refractivity contribution < 1.29 is 9.47 Å². The molecule has 0 saturated carbocycles. The van der Waals surface area contributed by atoms with Crippen LogP contribution in [0.25, 0.3) is 0 Å². The van der Waals surface area contributed by atoms with Crippen LogP contribution in [-0.4, -0.2) is 79.8 Å². The highest BCUT2D eigenvalue weighted by Crippen LogP contribution is 2.31. The molecule has 0 radical (unpaired) electrons. The van der Waals surface area contributed by atoms with Gasteiger partial charge in [-0.2, -0.15) is 5.10 Å². The Labute approximate surface area is 160 Å². The number of hydrogen-bond acceptors (Lipinski definition) is 6. The van der Waals surface area contributed by atoms with Crippen molar-refractivity contribution in [3.63, 3.8) is 0 Å². The summed E-state index contributed by atoms with van der Waals surface area (Å²) in [6.45, 7) is 19.0. The zero-order valence-electron chi connectivity index (χ0n) is 17.8. The van der Waals surface area contributed by atoms with E-state index in [-0.39, 0.29) is 6.04 Å². The van der Waals surface area contributed by atoms with Gasteiger partial charge in [-0.3, -0.25) is 9.91 Å². The Morgan fingerprint density at radius 3 is 2.46 bits per heavy atom. The lowest BCUT2D eigenvalue weighted by molar-refractivity contribution is -0.0828. The van der Waals surface area contributed by atoms with E-state index in [4.69, 9.17) is 9.47 Å². The number of rotatable bonds is 10. The summed E-state index contributed by atoms with van der Waals surface area (Å²) in [7, 11) is 3.70. The predicted molar refractivity (Wildman–Crippen MR) is 109 cm³/mol. The maximum atomic E-state index is 5.97. The second-order valence-electron chi connectivity index (χ2n) is 6.72. The highest BCUT2D eigenvalue weighted by atomic mass is 16.5. The minimum absolute atomic E-state index is 0.231. The molecule has 150 valence electrons. The van der Waals surface area contributed by atoms with Gasteiger partial charge in [-0.25, -0.2) is 0 Å². The van der Waals surface area contributed by atoms with Crippen LogP contribution in [0.3, 0.4) is 0 Å². The molecule has 6 heteroatoms. The van der Waals surface area contributed by atoms with Crippen molar-refractivity contribution in [1.29, 1.82) is 0 Å². The SMILES string of the molecule is C=CN(CC)/C(=C(/C)C(C)(OC)N(C)/N=C\CC)C(C)N1CCOCC1. The van der Waals surface area contributed by atoms with E-state index in [1.165, 1.54) is 5.70 Å². The Morgan fingerprint density at radius 1 is 1.38 bits per heavy atom. The Morgan fingerprint density at radius 2 is 2.00 bits per heavy atom. The summed E-state index contributed by atoms with van der Waals surface area (Å²) in [4.78, 5) is 4.67. The molecule has 6 nitrogen and oxygen atoms in total. The van der Waals surface area contributed by atoms with E-state index in [0.717, 1.165) is 44.8 Å². The minimum Gasteiger partial charge on any atom is -0.379 e. The Kier molecular flexibility index (Phi) is 9.33. The summed E-state index contributed by atoms with van der Waals surface area (Å²) < 4.78 is 11.5. The molecule has 26 heavy (non-hydrogen) atoms. The van der Waals surface area contributed by atoms with Crippen molar-refractivity contribution in [2.24, 2.45) is 5.10 Å². The van der Waals surface area contributed by atoms with Crippen LogP contribution in [0.15, 0.2) is 29.2 Å². The van der Waals surface area contributed by atoms with Gasteiger partial charge < -0.3 is 14.4 Å². The fraction of sp³-hybridized carbons (Fsp3) is 0.750. The lowest BCUT2D eigenvalue weighted by atomic mass is 9.97. The number of hydrazone groups is 1. The molecule has 0 aromatic carbocycles. The maximum Gasteiger partial charge on any atom is 0.176 e. The Hall–Kier alpha value is -1.37.